The molecule has 0 radical (unpaired) electrons. The molecule has 4 aliphatic carbocycles. The van der Waals surface area contributed by atoms with Crippen LogP contribution in [0.4, 0.5) is 0 Å². The highest BCUT2D eigenvalue weighted by atomic mass is 16.3. The zero-order valence-corrected chi connectivity index (χ0v) is 16.8. The number of Topliss-reactive ketones (excluding diaryl/α,β-unsaturated/α-hetero) is 1. The van der Waals surface area contributed by atoms with Gasteiger partial charge in [0.2, 0.25) is 0 Å². The van der Waals surface area contributed by atoms with Crippen LogP contribution in [0.15, 0.2) is 0 Å². The van der Waals surface area contributed by atoms with E-state index in [1.54, 1.807) is 0 Å². The first-order valence-corrected chi connectivity index (χ1v) is 11.0. The van der Waals surface area contributed by atoms with Crippen molar-refractivity contribution in [1.82, 2.24) is 0 Å². The van der Waals surface area contributed by atoms with Gasteiger partial charge in [0.1, 0.15) is 5.78 Å². The lowest BCUT2D eigenvalue weighted by Gasteiger charge is -2.61. The number of carbonyl (C=O) groups excluding carboxylic acids is 1. The van der Waals surface area contributed by atoms with Crippen molar-refractivity contribution in [3.05, 3.63) is 0 Å². The fourth-order valence-electron chi connectivity index (χ4n) is 8.35. The molecule has 0 aliphatic heterocycles. The van der Waals surface area contributed by atoms with Crippen LogP contribution in [0, 0.1) is 46.3 Å². The second-order valence-corrected chi connectivity index (χ2v) is 10.6. The largest absolute Gasteiger partial charge is 0.393 e. The molecular formula is C23H38O2. The number of hydrogen-bond donors (Lipinski definition) is 1. The van der Waals surface area contributed by atoms with Gasteiger partial charge < -0.3 is 5.11 Å². The van der Waals surface area contributed by atoms with E-state index >= 15 is 0 Å². The summed E-state index contributed by atoms with van der Waals surface area (Å²) in [5, 5.41) is 11.0. The molecule has 0 amide bonds. The normalized spacial score (nSPS) is 53.7. The van der Waals surface area contributed by atoms with Crippen LogP contribution in [0.3, 0.4) is 0 Å². The smallest absolute Gasteiger partial charge is 0.133 e. The Hall–Kier alpha value is -0.370. The Kier molecular flexibility index (Phi) is 4.38. The highest BCUT2D eigenvalue weighted by Gasteiger charge is 2.62. The Labute approximate surface area is 154 Å². The standard InChI is InChI=1S/C23H38O2/c1-5-14(2)17-6-7-18-16-13-21(25)20-12-15(24)8-10-23(20,4)19(16)9-11-22(17,18)3/h14,16-21,25H,5-13H2,1-4H3. The summed E-state index contributed by atoms with van der Waals surface area (Å²) in [4.78, 5) is 12.0. The zero-order valence-electron chi connectivity index (χ0n) is 16.8. The molecule has 0 aromatic rings. The number of aliphatic hydroxyl groups is 1. The molecule has 0 bridgehead atoms. The highest BCUT2D eigenvalue weighted by molar-refractivity contribution is 5.79. The quantitative estimate of drug-likeness (QED) is 0.743. The number of ketones is 1. The van der Waals surface area contributed by atoms with Gasteiger partial charge in [-0.25, -0.2) is 0 Å². The van der Waals surface area contributed by atoms with Gasteiger partial charge in [-0.15, -0.1) is 0 Å². The topological polar surface area (TPSA) is 37.3 Å². The van der Waals surface area contributed by atoms with Crippen molar-refractivity contribution in [3.8, 4) is 0 Å². The lowest BCUT2D eigenvalue weighted by molar-refractivity contribution is -0.166. The van der Waals surface area contributed by atoms with Crippen molar-refractivity contribution in [2.24, 2.45) is 46.3 Å². The van der Waals surface area contributed by atoms with E-state index in [-0.39, 0.29) is 17.4 Å². The third kappa shape index (κ3) is 2.49. The van der Waals surface area contributed by atoms with Crippen LogP contribution < -0.4 is 0 Å². The van der Waals surface area contributed by atoms with Gasteiger partial charge in [-0.05, 0) is 84.9 Å². The number of carbonyl (C=O) groups is 1. The molecule has 4 saturated carbocycles. The second-order valence-electron chi connectivity index (χ2n) is 10.6. The van der Waals surface area contributed by atoms with Crippen molar-refractivity contribution < 1.29 is 9.90 Å². The molecule has 1 N–H and O–H groups in total. The third-order valence-electron chi connectivity index (χ3n) is 9.90. The maximum absolute atomic E-state index is 12.0. The van der Waals surface area contributed by atoms with Gasteiger partial charge >= 0.3 is 0 Å². The zero-order chi connectivity index (χ0) is 18.0. The van der Waals surface area contributed by atoms with Crippen molar-refractivity contribution >= 4 is 5.78 Å². The van der Waals surface area contributed by atoms with E-state index in [4.69, 9.17) is 0 Å². The summed E-state index contributed by atoms with van der Waals surface area (Å²) in [5.74, 6) is 4.55. The minimum absolute atomic E-state index is 0.200. The maximum atomic E-state index is 12.0. The molecule has 0 saturated heterocycles. The van der Waals surface area contributed by atoms with Crippen LogP contribution in [0.25, 0.3) is 0 Å². The van der Waals surface area contributed by atoms with Crippen molar-refractivity contribution in [1.29, 1.82) is 0 Å². The average molecular weight is 347 g/mol. The summed E-state index contributed by atoms with van der Waals surface area (Å²) >= 11 is 0. The number of rotatable bonds is 2. The Morgan fingerprint density at radius 2 is 1.80 bits per heavy atom. The Bertz CT molecular complexity index is 542. The van der Waals surface area contributed by atoms with E-state index in [1.165, 1.54) is 32.1 Å². The summed E-state index contributed by atoms with van der Waals surface area (Å²) in [6, 6.07) is 0. The van der Waals surface area contributed by atoms with Crippen LogP contribution in [0.1, 0.15) is 85.5 Å². The number of aliphatic hydroxyl groups excluding tert-OH is 1. The van der Waals surface area contributed by atoms with Crippen molar-refractivity contribution in [3.63, 3.8) is 0 Å². The molecule has 25 heavy (non-hydrogen) atoms. The molecule has 0 heterocycles. The monoisotopic (exact) mass is 346 g/mol. The first-order valence-electron chi connectivity index (χ1n) is 11.0. The van der Waals surface area contributed by atoms with E-state index in [2.05, 4.69) is 27.7 Å². The summed E-state index contributed by atoms with van der Waals surface area (Å²) in [5.41, 5.74) is 0.691. The Morgan fingerprint density at radius 1 is 1.08 bits per heavy atom. The van der Waals surface area contributed by atoms with Crippen molar-refractivity contribution in [2.75, 3.05) is 0 Å². The molecule has 4 aliphatic rings. The van der Waals surface area contributed by atoms with E-state index in [1.807, 2.05) is 0 Å². The molecule has 4 rings (SSSR count). The van der Waals surface area contributed by atoms with Gasteiger partial charge in [0.05, 0.1) is 6.10 Å². The minimum atomic E-state index is -0.250. The third-order valence-corrected chi connectivity index (χ3v) is 9.90. The van der Waals surface area contributed by atoms with E-state index in [0.717, 1.165) is 42.9 Å². The van der Waals surface area contributed by atoms with Crippen LogP contribution in [-0.2, 0) is 4.79 Å². The highest BCUT2D eigenvalue weighted by Crippen LogP contribution is 2.68. The van der Waals surface area contributed by atoms with Crippen molar-refractivity contribution in [2.45, 2.75) is 91.6 Å². The molecular weight excluding hydrogens is 308 g/mol. The van der Waals surface area contributed by atoms with E-state index in [9.17, 15) is 9.90 Å². The van der Waals surface area contributed by atoms with Crippen LogP contribution in [0.5, 0.6) is 0 Å². The summed E-state index contributed by atoms with van der Waals surface area (Å²) in [6.45, 7) is 9.82. The maximum Gasteiger partial charge on any atom is 0.133 e. The molecule has 9 atom stereocenters. The molecule has 9 unspecified atom stereocenters. The average Bonchev–Trinajstić information content (AvgIpc) is 2.93. The van der Waals surface area contributed by atoms with Gasteiger partial charge in [-0.3, -0.25) is 4.79 Å². The predicted molar refractivity (Wildman–Crippen MR) is 101 cm³/mol. The summed E-state index contributed by atoms with van der Waals surface area (Å²) < 4.78 is 0. The summed E-state index contributed by atoms with van der Waals surface area (Å²) in [6.07, 6.45) is 9.90. The molecule has 2 nitrogen and oxygen atoms in total. The first kappa shape index (κ1) is 18.0. The lowest BCUT2D eigenvalue weighted by atomic mass is 9.44. The minimum Gasteiger partial charge on any atom is -0.393 e. The fourth-order valence-corrected chi connectivity index (χ4v) is 8.35. The fraction of sp³-hybridized carbons (Fsp3) is 0.957. The molecule has 0 spiro atoms. The Morgan fingerprint density at radius 3 is 2.52 bits per heavy atom. The van der Waals surface area contributed by atoms with Gasteiger partial charge in [0.25, 0.3) is 0 Å². The van der Waals surface area contributed by atoms with Gasteiger partial charge in [0, 0.05) is 12.8 Å². The molecule has 4 fully saturated rings. The molecule has 0 aromatic carbocycles. The Balaban J connectivity index is 1.63. The predicted octanol–water partition coefficient (Wildman–Crippen LogP) is 5.23. The van der Waals surface area contributed by atoms with Gasteiger partial charge in [0.15, 0.2) is 0 Å². The van der Waals surface area contributed by atoms with E-state index < -0.39 is 0 Å². The van der Waals surface area contributed by atoms with Gasteiger partial charge in [-0.1, -0.05) is 34.1 Å². The molecule has 2 heteroatoms. The number of fused-ring (bicyclic) bond motifs is 5. The van der Waals surface area contributed by atoms with Crippen LogP contribution in [-0.4, -0.2) is 17.0 Å². The van der Waals surface area contributed by atoms with Gasteiger partial charge in [-0.2, -0.15) is 0 Å². The lowest BCUT2D eigenvalue weighted by Crippen LogP contribution is -2.58. The van der Waals surface area contributed by atoms with Crippen LogP contribution in [0.2, 0.25) is 0 Å². The first-order chi connectivity index (χ1) is 11.8. The number of hydrogen-bond acceptors (Lipinski definition) is 2. The second kappa shape index (κ2) is 6.08. The summed E-state index contributed by atoms with van der Waals surface area (Å²) in [7, 11) is 0. The SMILES string of the molecule is CCC(C)C1CCC2C3CC(O)C4CC(=O)CCC4(C)C3CCC12C. The molecule has 142 valence electrons. The van der Waals surface area contributed by atoms with E-state index in [0.29, 0.717) is 23.5 Å². The molecule has 0 aromatic heterocycles. The van der Waals surface area contributed by atoms with Crippen LogP contribution >= 0.6 is 0 Å².